The second-order valence-electron chi connectivity index (χ2n) is 4.18. The van der Waals surface area contributed by atoms with Crippen LogP contribution < -0.4 is 5.32 Å². The van der Waals surface area contributed by atoms with Gasteiger partial charge in [-0.25, -0.2) is 4.39 Å². The molecule has 0 atom stereocenters. The van der Waals surface area contributed by atoms with E-state index in [0.717, 1.165) is 21.4 Å². The molecule has 0 aliphatic heterocycles. The monoisotopic (exact) mass is 395 g/mol. The molecule has 1 N–H and O–H groups in total. The van der Waals surface area contributed by atoms with Crippen LogP contribution in [0.15, 0.2) is 42.5 Å². The van der Waals surface area contributed by atoms with E-state index < -0.39 is 17.6 Å². The molecule has 0 radical (unpaired) electrons. The molecule has 6 heteroatoms. The van der Waals surface area contributed by atoms with Gasteiger partial charge >= 0.3 is 6.18 Å². The molecule has 0 aromatic heterocycles. The first-order valence-corrected chi connectivity index (χ1v) is 6.79. The number of nitrogens with one attached hydrogen (secondary N) is 1. The zero-order valence-corrected chi connectivity index (χ0v) is 12.3. The lowest BCUT2D eigenvalue weighted by Gasteiger charge is -2.11. The van der Waals surface area contributed by atoms with Crippen molar-refractivity contribution in [3.63, 3.8) is 0 Å². The molecular weight excluding hydrogens is 385 g/mol. The summed E-state index contributed by atoms with van der Waals surface area (Å²) in [6.45, 7) is 0.198. The second-order valence-corrected chi connectivity index (χ2v) is 5.42. The van der Waals surface area contributed by atoms with Gasteiger partial charge < -0.3 is 5.32 Å². The average molecular weight is 395 g/mol. The fourth-order valence-corrected chi connectivity index (χ4v) is 2.25. The van der Waals surface area contributed by atoms with Gasteiger partial charge in [0.2, 0.25) is 0 Å². The molecule has 0 fully saturated rings. The Hall–Kier alpha value is -1.31. The maximum Gasteiger partial charge on any atom is 0.419 e. The molecule has 0 bridgehead atoms. The zero-order valence-electron chi connectivity index (χ0n) is 10.1. The zero-order chi connectivity index (χ0) is 14.8. The predicted molar refractivity (Wildman–Crippen MR) is 77.9 cm³/mol. The Morgan fingerprint density at radius 3 is 2.45 bits per heavy atom. The van der Waals surface area contributed by atoms with E-state index in [1.807, 2.05) is 24.3 Å². The molecule has 0 unspecified atom stereocenters. The average Bonchev–Trinajstić information content (AvgIpc) is 2.36. The van der Waals surface area contributed by atoms with Crippen LogP contribution in [0.1, 0.15) is 11.1 Å². The van der Waals surface area contributed by atoms with Crippen molar-refractivity contribution >= 4 is 28.3 Å². The maximum atomic E-state index is 13.1. The van der Waals surface area contributed by atoms with E-state index in [9.17, 15) is 17.6 Å². The van der Waals surface area contributed by atoms with Crippen molar-refractivity contribution in [3.05, 3.63) is 63.0 Å². The molecule has 2 aromatic rings. The molecule has 0 amide bonds. The van der Waals surface area contributed by atoms with Crippen LogP contribution in [0.2, 0.25) is 0 Å². The fourth-order valence-electron chi connectivity index (χ4n) is 1.70. The second kappa shape index (κ2) is 5.99. The topological polar surface area (TPSA) is 12.0 Å². The van der Waals surface area contributed by atoms with Crippen LogP contribution >= 0.6 is 22.6 Å². The highest BCUT2D eigenvalue weighted by Crippen LogP contribution is 2.32. The van der Waals surface area contributed by atoms with Crippen molar-refractivity contribution in [2.24, 2.45) is 0 Å². The van der Waals surface area contributed by atoms with Crippen LogP contribution in [0.25, 0.3) is 0 Å². The van der Waals surface area contributed by atoms with Gasteiger partial charge in [-0.3, -0.25) is 0 Å². The molecule has 0 saturated carbocycles. The lowest BCUT2D eigenvalue weighted by molar-refractivity contribution is -0.140. The number of halogens is 5. The van der Waals surface area contributed by atoms with Crippen molar-refractivity contribution in [2.45, 2.75) is 12.7 Å². The first-order chi connectivity index (χ1) is 9.36. The van der Waals surface area contributed by atoms with Gasteiger partial charge in [0.25, 0.3) is 0 Å². The summed E-state index contributed by atoms with van der Waals surface area (Å²) in [7, 11) is 0. The summed E-state index contributed by atoms with van der Waals surface area (Å²) in [6.07, 6.45) is -4.68. The molecule has 0 aliphatic carbocycles. The van der Waals surface area contributed by atoms with Gasteiger partial charge in [-0.2, -0.15) is 13.2 Å². The minimum absolute atomic E-state index is 0.198. The molecular formula is C14H10F4IN. The molecule has 0 spiro atoms. The molecule has 0 aliphatic rings. The molecule has 106 valence electrons. The highest BCUT2D eigenvalue weighted by Gasteiger charge is 2.34. The van der Waals surface area contributed by atoms with Gasteiger partial charge in [0.05, 0.1) is 5.56 Å². The number of benzene rings is 2. The summed E-state index contributed by atoms with van der Waals surface area (Å²) in [5, 5.41) is 3.01. The Morgan fingerprint density at radius 1 is 1.05 bits per heavy atom. The third-order valence-corrected chi connectivity index (χ3v) is 3.33. The van der Waals surface area contributed by atoms with Crippen LogP contribution in [0.4, 0.5) is 23.2 Å². The van der Waals surface area contributed by atoms with Crippen LogP contribution in [-0.2, 0) is 12.7 Å². The van der Waals surface area contributed by atoms with Crippen molar-refractivity contribution in [1.82, 2.24) is 0 Å². The maximum absolute atomic E-state index is 13.1. The standard InChI is InChI=1S/C14H10F4IN/c15-13-5-4-9(6-12(13)14(16,17)18)8-20-11-3-1-2-10(19)7-11/h1-7,20H,8H2. The molecule has 20 heavy (non-hydrogen) atoms. The third-order valence-electron chi connectivity index (χ3n) is 2.66. The Kier molecular flexibility index (Phi) is 4.52. The van der Waals surface area contributed by atoms with E-state index in [1.165, 1.54) is 6.07 Å². The fraction of sp³-hybridized carbons (Fsp3) is 0.143. The quantitative estimate of drug-likeness (QED) is 0.566. The lowest BCUT2D eigenvalue weighted by atomic mass is 10.1. The van der Waals surface area contributed by atoms with Crippen LogP contribution in [0, 0.1) is 9.39 Å². The van der Waals surface area contributed by atoms with Crippen molar-refractivity contribution in [2.75, 3.05) is 5.32 Å². The van der Waals surface area contributed by atoms with Gasteiger partial charge in [-0.15, -0.1) is 0 Å². The van der Waals surface area contributed by atoms with E-state index in [4.69, 9.17) is 0 Å². The largest absolute Gasteiger partial charge is 0.419 e. The smallest absolute Gasteiger partial charge is 0.381 e. The summed E-state index contributed by atoms with van der Waals surface area (Å²) in [5.41, 5.74) is -0.0631. The van der Waals surface area contributed by atoms with Crippen LogP contribution in [0.3, 0.4) is 0 Å². The summed E-state index contributed by atoms with van der Waals surface area (Å²) in [5.74, 6) is -1.25. The number of hydrogen-bond donors (Lipinski definition) is 1. The van der Waals surface area contributed by atoms with E-state index in [1.54, 1.807) is 0 Å². The van der Waals surface area contributed by atoms with Gasteiger partial charge in [0, 0.05) is 15.8 Å². The summed E-state index contributed by atoms with van der Waals surface area (Å²) >= 11 is 2.14. The van der Waals surface area contributed by atoms with E-state index >= 15 is 0 Å². The molecule has 2 aromatic carbocycles. The van der Waals surface area contributed by atoms with Crippen molar-refractivity contribution < 1.29 is 17.6 Å². The van der Waals surface area contributed by atoms with Gasteiger partial charge in [0.15, 0.2) is 0 Å². The van der Waals surface area contributed by atoms with E-state index in [-0.39, 0.29) is 6.54 Å². The predicted octanol–water partition coefficient (Wildman–Crippen LogP) is 5.06. The molecule has 2 rings (SSSR count). The normalized spacial score (nSPS) is 11.4. The minimum atomic E-state index is -4.68. The first kappa shape index (κ1) is 15.1. The highest BCUT2D eigenvalue weighted by atomic mass is 127. The Balaban J connectivity index is 2.14. The lowest BCUT2D eigenvalue weighted by Crippen LogP contribution is -2.10. The van der Waals surface area contributed by atoms with Crippen LogP contribution in [0.5, 0.6) is 0 Å². The van der Waals surface area contributed by atoms with E-state index in [2.05, 4.69) is 27.9 Å². The third kappa shape index (κ3) is 3.84. The Labute approximate surface area is 127 Å². The van der Waals surface area contributed by atoms with Crippen LogP contribution in [-0.4, -0.2) is 0 Å². The SMILES string of the molecule is Fc1ccc(CNc2cccc(I)c2)cc1C(F)(F)F. The molecule has 0 saturated heterocycles. The van der Waals surface area contributed by atoms with E-state index in [0.29, 0.717) is 5.56 Å². The summed E-state index contributed by atoms with van der Waals surface area (Å²) in [6, 6.07) is 10.4. The number of hydrogen-bond acceptors (Lipinski definition) is 1. The number of rotatable bonds is 3. The molecule has 1 nitrogen and oxygen atoms in total. The summed E-state index contributed by atoms with van der Waals surface area (Å²) < 4.78 is 51.9. The minimum Gasteiger partial charge on any atom is -0.381 e. The molecule has 0 heterocycles. The van der Waals surface area contributed by atoms with Gasteiger partial charge in [-0.1, -0.05) is 12.1 Å². The first-order valence-electron chi connectivity index (χ1n) is 5.71. The Morgan fingerprint density at radius 2 is 1.80 bits per heavy atom. The summed E-state index contributed by atoms with van der Waals surface area (Å²) in [4.78, 5) is 0. The Bertz CT molecular complexity index is 610. The van der Waals surface area contributed by atoms with Crippen molar-refractivity contribution in [3.8, 4) is 0 Å². The number of alkyl halides is 3. The highest BCUT2D eigenvalue weighted by molar-refractivity contribution is 14.1. The van der Waals surface area contributed by atoms with Gasteiger partial charge in [-0.05, 0) is 58.5 Å². The van der Waals surface area contributed by atoms with Gasteiger partial charge in [0.1, 0.15) is 5.82 Å². The number of anilines is 1. The van der Waals surface area contributed by atoms with Crippen molar-refractivity contribution in [1.29, 1.82) is 0 Å².